The molecule has 2 heterocycles. The van der Waals surface area contributed by atoms with Crippen molar-refractivity contribution in [2.75, 3.05) is 25.1 Å². The zero-order chi connectivity index (χ0) is 13.8. The first kappa shape index (κ1) is 14.4. The molecule has 0 spiro atoms. The van der Waals surface area contributed by atoms with Crippen molar-refractivity contribution in [2.45, 2.75) is 38.6 Å². The van der Waals surface area contributed by atoms with E-state index in [2.05, 4.69) is 29.6 Å². The van der Waals surface area contributed by atoms with Gasteiger partial charge in [0.05, 0.1) is 5.75 Å². The number of carbonyl (C=O) groups is 1. The lowest BCUT2D eigenvalue weighted by molar-refractivity contribution is -0.129. The van der Waals surface area contributed by atoms with Gasteiger partial charge in [-0.05, 0) is 32.9 Å². The molecule has 1 fully saturated rings. The Morgan fingerprint density at radius 1 is 1.47 bits per heavy atom. The quantitative estimate of drug-likeness (QED) is 0.851. The fourth-order valence-electron chi connectivity index (χ4n) is 2.68. The Balaban J connectivity index is 1.96. The van der Waals surface area contributed by atoms with E-state index < -0.39 is 0 Å². The molecule has 2 rings (SSSR count). The summed E-state index contributed by atoms with van der Waals surface area (Å²) >= 11 is 1.60. The highest BCUT2D eigenvalue weighted by molar-refractivity contribution is 7.99. The Bertz CT molecular complexity index is 422. The number of imidazole rings is 1. The maximum absolute atomic E-state index is 11.9. The minimum Gasteiger partial charge on any atom is -0.342 e. The molecule has 0 N–H and O–H groups in total. The van der Waals surface area contributed by atoms with Crippen LogP contribution in [0.25, 0.3) is 0 Å². The van der Waals surface area contributed by atoms with Gasteiger partial charge in [0.15, 0.2) is 0 Å². The summed E-state index contributed by atoms with van der Waals surface area (Å²) in [6.45, 7) is 6.11. The van der Waals surface area contributed by atoms with Crippen molar-refractivity contribution in [2.24, 2.45) is 0 Å². The van der Waals surface area contributed by atoms with Crippen molar-refractivity contribution in [1.29, 1.82) is 0 Å². The normalized spacial score (nSPS) is 17.2. The number of carbonyl (C=O) groups excluding carboxylic acids is 1. The van der Waals surface area contributed by atoms with Crippen molar-refractivity contribution in [1.82, 2.24) is 14.5 Å². The van der Waals surface area contributed by atoms with Crippen LogP contribution < -0.4 is 0 Å². The fourth-order valence-corrected chi connectivity index (χ4v) is 3.11. The summed E-state index contributed by atoms with van der Waals surface area (Å²) in [7, 11) is 0. The minimum absolute atomic E-state index is 0.276. The molecule has 4 nitrogen and oxygen atoms in total. The topological polar surface area (TPSA) is 38.1 Å². The second kappa shape index (κ2) is 6.46. The Morgan fingerprint density at radius 2 is 2.16 bits per heavy atom. The van der Waals surface area contributed by atoms with Gasteiger partial charge in [-0.2, -0.15) is 11.8 Å². The molecule has 0 radical (unpaired) electrons. The molecule has 1 aliphatic heterocycles. The van der Waals surface area contributed by atoms with E-state index in [1.807, 2.05) is 17.4 Å². The van der Waals surface area contributed by atoms with Gasteiger partial charge in [-0.3, -0.25) is 4.79 Å². The molecule has 0 aliphatic carbocycles. The number of piperidine rings is 1. The largest absolute Gasteiger partial charge is 0.342 e. The molecular formula is C14H23N3OS. The van der Waals surface area contributed by atoms with Gasteiger partial charge < -0.3 is 9.47 Å². The van der Waals surface area contributed by atoms with Gasteiger partial charge in [-0.25, -0.2) is 4.98 Å². The Hall–Kier alpha value is -0.970. The standard InChI is InChI=1S/C14H23N3OS/c1-11(2)17-9-6-15-14(17)12-4-7-16(8-5-12)13(18)10-19-3/h6,9,11-12H,4-5,7-8,10H2,1-3H3. The van der Waals surface area contributed by atoms with E-state index in [0.29, 0.717) is 17.7 Å². The molecule has 0 aromatic carbocycles. The van der Waals surface area contributed by atoms with E-state index in [9.17, 15) is 4.79 Å². The highest BCUT2D eigenvalue weighted by atomic mass is 32.2. The van der Waals surface area contributed by atoms with E-state index in [4.69, 9.17) is 0 Å². The smallest absolute Gasteiger partial charge is 0.232 e. The number of thioether (sulfide) groups is 1. The summed E-state index contributed by atoms with van der Waals surface area (Å²) in [4.78, 5) is 18.4. The molecule has 106 valence electrons. The predicted octanol–water partition coefficient (Wildman–Crippen LogP) is 2.53. The van der Waals surface area contributed by atoms with E-state index >= 15 is 0 Å². The molecule has 0 bridgehead atoms. The van der Waals surface area contributed by atoms with E-state index in [1.54, 1.807) is 11.8 Å². The molecule has 0 unspecified atom stereocenters. The van der Waals surface area contributed by atoms with Crippen LogP contribution in [0.3, 0.4) is 0 Å². The van der Waals surface area contributed by atoms with Crippen molar-refractivity contribution in [3.63, 3.8) is 0 Å². The van der Waals surface area contributed by atoms with Crippen LogP contribution in [-0.2, 0) is 4.79 Å². The summed E-state index contributed by atoms with van der Waals surface area (Å²) in [5.41, 5.74) is 0. The lowest BCUT2D eigenvalue weighted by atomic mass is 9.95. The van der Waals surface area contributed by atoms with Crippen LogP contribution >= 0.6 is 11.8 Å². The Labute approximate surface area is 119 Å². The SMILES string of the molecule is CSCC(=O)N1CCC(c2nccn2C(C)C)CC1. The summed E-state index contributed by atoms with van der Waals surface area (Å²) in [5.74, 6) is 2.56. The third kappa shape index (κ3) is 3.32. The molecular weight excluding hydrogens is 258 g/mol. The first-order valence-corrected chi connectivity index (χ1v) is 8.32. The first-order valence-electron chi connectivity index (χ1n) is 6.93. The monoisotopic (exact) mass is 281 g/mol. The summed E-state index contributed by atoms with van der Waals surface area (Å²) < 4.78 is 2.25. The van der Waals surface area contributed by atoms with Gasteiger partial charge in [0, 0.05) is 37.4 Å². The van der Waals surface area contributed by atoms with Crippen LogP contribution in [0.5, 0.6) is 0 Å². The number of aromatic nitrogens is 2. The predicted molar refractivity (Wildman–Crippen MR) is 79.5 cm³/mol. The molecule has 1 saturated heterocycles. The zero-order valence-corrected chi connectivity index (χ0v) is 12.8. The lowest BCUT2D eigenvalue weighted by Crippen LogP contribution is -2.39. The van der Waals surface area contributed by atoms with Crippen LogP contribution in [0.15, 0.2) is 12.4 Å². The number of amides is 1. The van der Waals surface area contributed by atoms with Crippen molar-refractivity contribution < 1.29 is 4.79 Å². The molecule has 0 atom stereocenters. The van der Waals surface area contributed by atoms with Crippen molar-refractivity contribution in [3.8, 4) is 0 Å². The molecule has 19 heavy (non-hydrogen) atoms. The third-order valence-corrected chi connectivity index (χ3v) is 4.27. The second-order valence-corrected chi connectivity index (χ2v) is 6.24. The van der Waals surface area contributed by atoms with Crippen LogP contribution in [0.2, 0.25) is 0 Å². The number of nitrogens with zero attached hydrogens (tertiary/aromatic N) is 3. The van der Waals surface area contributed by atoms with Gasteiger partial charge in [-0.15, -0.1) is 0 Å². The van der Waals surface area contributed by atoms with Gasteiger partial charge in [0.2, 0.25) is 5.91 Å². The summed E-state index contributed by atoms with van der Waals surface area (Å²) in [5, 5.41) is 0. The molecule has 1 aliphatic rings. The minimum atomic E-state index is 0.276. The highest BCUT2D eigenvalue weighted by Crippen LogP contribution is 2.28. The number of likely N-dealkylation sites (tertiary alicyclic amines) is 1. The summed E-state index contributed by atoms with van der Waals surface area (Å²) in [6.07, 6.45) is 7.99. The average Bonchev–Trinajstić information content (AvgIpc) is 2.88. The number of hydrogen-bond acceptors (Lipinski definition) is 3. The Morgan fingerprint density at radius 3 is 2.74 bits per heavy atom. The van der Waals surface area contributed by atoms with Crippen molar-refractivity contribution >= 4 is 17.7 Å². The molecule has 0 saturated carbocycles. The van der Waals surface area contributed by atoms with E-state index in [1.165, 1.54) is 5.82 Å². The average molecular weight is 281 g/mol. The maximum Gasteiger partial charge on any atom is 0.232 e. The number of rotatable bonds is 4. The Kier molecular flexibility index (Phi) is 4.91. The maximum atomic E-state index is 11.9. The molecule has 1 aromatic heterocycles. The third-order valence-electron chi connectivity index (χ3n) is 3.74. The van der Waals surface area contributed by atoms with Gasteiger partial charge in [0.25, 0.3) is 0 Å². The van der Waals surface area contributed by atoms with Crippen LogP contribution in [0.4, 0.5) is 0 Å². The number of hydrogen-bond donors (Lipinski definition) is 0. The van der Waals surface area contributed by atoms with E-state index in [0.717, 1.165) is 25.9 Å². The zero-order valence-electron chi connectivity index (χ0n) is 12.0. The first-order chi connectivity index (χ1) is 9.13. The van der Waals surface area contributed by atoms with Crippen LogP contribution in [0.1, 0.15) is 44.5 Å². The lowest BCUT2D eigenvalue weighted by Gasteiger charge is -2.32. The van der Waals surface area contributed by atoms with Gasteiger partial charge in [0.1, 0.15) is 5.82 Å². The van der Waals surface area contributed by atoms with E-state index in [-0.39, 0.29) is 5.91 Å². The van der Waals surface area contributed by atoms with Gasteiger partial charge >= 0.3 is 0 Å². The highest BCUT2D eigenvalue weighted by Gasteiger charge is 2.26. The van der Waals surface area contributed by atoms with Crippen LogP contribution in [0, 0.1) is 0 Å². The molecule has 5 heteroatoms. The second-order valence-electron chi connectivity index (χ2n) is 5.37. The molecule has 1 amide bonds. The van der Waals surface area contributed by atoms with Gasteiger partial charge in [-0.1, -0.05) is 0 Å². The fraction of sp³-hybridized carbons (Fsp3) is 0.714. The summed E-state index contributed by atoms with van der Waals surface area (Å²) in [6, 6.07) is 0.452. The van der Waals surface area contributed by atoms with Crippen molar-refractivity contribution in [3.05, 3.63) is 18.2 Å². The molecule has 1 aromatic rings. The van der Waals surface area contributed by atoms with Crippen LogP contribution in [-0.4, -0.2) is 45.5 Å².